The van der Waals surface area contributed by atoms with Crippen molar-refractivity contribution in [2.45, 2.75) is 26.4 Å². The fraction of sp³-hybridized carbons (Fsp3) is 0.167. The van der Waals surface area contributed by atoms with Crippen LogP contribution in [0, 0.1) is 6.92 Å². The number of aryl methyl sites for hydroxylation is 1. The minimum Gasteiger partial charge on any atom is -0.478 e. The molecule has 0 unspecified atom stereocenters. The number of carbonyl (C=O) groups is 1. The van der Waals surface area contributed by atoms with E-state index in [1.54, 1.807) is 56.3 Å². The van der Waals surface area contributed by atoms with Crippen LogP contribution in [-0.2, 0) is 4.79 Å². The van der Waals surface area contributed by atoms with Gasteiger partial charge in [0.15, 0.2) is 11.2 Å². The maximum absolute atomic E-state index is 13.0. The number of nitrogens with one attached hydrogen (secondary N) is 1. The summed E-state index contributed by atoms with van der Waals surface area (Å²) in [5.74, 6) is 0.719. The number of benzene rings is 3. The molecule has 0 atom stereocenters. The quantitative estimate of drug-likeness (QED) is 0.355. The van der Waals surface area contributed by atoms with Gasteiger partial charge in [-0.3, -0.25) is 4.79 Å². The number of anilines is 1. The lowest BCUT2D eigenvalue weighted by Gasteiger charge is -2.26. The van der Waals surface area contributed by atoms with E-state index in [1.165, 1.54) is 0 Å². The molecule has 0 aliphatic carbocycles. The number of fused-ring (bicyclic) bond motifs is 1. The standard InChI is InChI=1S/C24H20Cl2N2O3/c1-14-4-5-15(22-27-20-13-17(26)8-11-21(20)30-22)12-19(14)28-23(29)24(2,3)31-18-9-6-16(25)7-10-18/h4-13H,1-3H3,(H,28,29). The summed E-state index contributed by atoms with van der Waals surface area (Å²) in [4.78, 5) is 17.5. The Morgan fingerprint density at radius 2 is 1.71 bits per heavy atom. The van der Waals surface area contributed by atoms with Crippen molar-refractivity contribution < 1.29 is 13.9 Å². The molecule has 1 N–H and O–H groups in total. The van der Waals surface area contributed by atoms with Gasteiger partial charge in [-0.15, -0.1) is 0 Å². The second-order valence-electron chi connectivity index (χ2n) is 7.68. The zero-order chi connectivity index (χ0) is 22.2. The number of hydrogen-bond donors (Lipinski definition) is 1. The van der Waals surface area contributed by atoms with Crippen molar-refractivity contribution in [3.05, 3.63) is 76.3 Å². The fourth-order valence-electron chi connectivity index (χ4n) is 3.03. The van der Waals surface area contributed by atoms with Gasteiger partial charge in [-0.05, 0) is 80.9 Å². The third-order valence-electron chi connectivity index (χ3n) is 4.82. The Hall–Kier alpha value is -3.02. The molecule has 5 nitrogen and oxygen atoms in total. The molecule has 7 heteroatoms. The summed E-state index contributed by atoms with van der Waals surface area (Å²) in [7, 11) is 0. The Balaban J connectivity index is 1.57. The van der Waals surface area contributed by atoms with Crippen LogP contribution in [0.2, 0.25) is 10.0 Å². The molecule has 31 heavy (non-hydrogen) atoms. The lowest BCUT2D eigenvalue weighted by Crippen LogP contribution is -2.42. The zero-order valence-electron chi connectivity index (χ0n) is 17.2. The topological polar surface area (TPSA) is 64.4 Å². The normalized spacial score (nSPS) is 11.5. The highest BCUT2D eigenvalue weighted by molar-refractivity contribution is 6.31. The molecule has 0 saturated carbocycles. The van der Waals surface area contributed by atoms with Crippen LogP contribution in [0.3, 0.4) is 0 Å². The van der Waals surface area contributed by atoms with E-state index in [1.807, 2.05) is 25.1 Å². The number of rotatable bonds is 5. The number of ether oxygens (including phenoxy) is 1. The van der Waals surface area contributed by atoms with Gasteiger partial charge in [-0.2, -0.15) is 0 Å². The first-order chi connectivity index (χ1) is 14.7. The van der Waals surface area contributed by atoms with Crippen molar-refractivity contribution in [3.8, 4) is 17.2 Å². The minimum absolute atomic E-state index is 0.285. The van der Waals surface area contributed by atoms with Gasteiger partial charge in [0.25, 0.3) is 5.91 Å². The highest BCUT2D eigenvalue weighted by atomic mass is 35.5. The fourth-order valence-corrected chi connectivity index (χ4v) is 3.32. The summed E-state index contributed by atoms with van der Waals surface area (Å²) < 4.78 is 11.7. The molecule has 1 amide bonds. The number of aromatic nitrogens is 1. The van der Waals surface area contributed by atoms with Crippen LogP contribution in [0.4, 0.5) is 5.69 Å². The Morgan fingerprint density at radius 1 is 1.00 bits per heavy atom. The smallest absolute Gasteiger partial charge is 0.267 e. The molecule has 0 bridgehead atoms. The van der Waals surface area contributed by atoms with Crippen molar-refractivity contribution >= 4 is 45.9 Å². The van der Waals surface area contributed by atoms with Crippen LogP contribution in [0.25, 0.3) is 22.6 Å². The predicted molar refractivity (Wildman–Crippen MR) is 124 cm³/mol. The molecule has 3 aromatic carbocycles. The van der Waals surface area contributed by atoms with Crippen molar-refractivity contribution in [1.82, 2.24) is 4.98 Å². The van der Waals surface area contributed by atoms with E-state index in [9.17, 15) is 4.79 Å². The van der Waals surface area contributed by atoms with E-state index in [-0.39, 0.29) is 5.91 Å². The molecule has 0 aliphatic rings. The number of hydrogen-bond acceptors (Lipinski definition) is 4. The van der Waals surface area contributed by atoms with Gasteiger partial charge in [0, 0.05) is 21.3 Å². The Labute approximate surface area is 189 Å². The second-order valence-corrected chi connectivity index (χ2v) is 8.55. The number of amides is 1. The van der Waals surface area contributed by atoms with Gasteiger partial charge in [0.1, 0.15) is 11.3 Å². The average Bonchev–Trinajstić information content (AvgIpc) is 3.14. The minimum atomic E-state index is -1.11. The van der Waals surface area contributed by atoms with Gasteiger partial charge >= 0.3 is 0 Å². The van der Waals surface area contributed by atoms with E-state index in [4.69, 9.17) is 32.4 Å². The zero-order valence-corrected chi connectivity index (χ0v) is 18.7. The van der Waals surface area contributed by atoms with E-state index in [0.29, 0.717) is 38.5 Å². The summed E-state index contributed by atoms with van der Waals surface area (Å²) in [5.41, 5.74) is 2.50. The summed E-state index contributed by atoms with van der Waals surface area (Å²) in [6.07, 6.45) is 0. The predicted octanol–water partition coefficient (Wildman–Crippen LogP) is 6.91. The maximum atomic E-state index is 13.0. The molecule has 0 spiro atoms. The molecule has 0 aliphatic heterocycles. The second kappa shape index (κ2) is 8.25. The highest BCUT2D eigenvalue weighted by Crippen LogP contribution is 2.30. The first-order valence-electron chi connectivity index (χ1n) is 9.64. The van der Waals surface area contributed by atoms with Crippen LogP contribution in [-0.4, -0.2) is 16.5 Å². The molecule has 1 aromatic heterocycles. The maximum Gasteiger partial charge on any atom is 0.267 e. The molecule has 4 aromatic rings. The first kappa shape index (κ1) is 21.2. The third-order valence-corrected chi connectivity index (χ3v) is 5.30. The lowest BCUT2D eigenvalue weighted by atomic mass is 10.1. The molecule has 4 rings (SSSR count). The lowest BCUT2D eigenvalue weighted by molar-refractivity contribution is -0.128. The van der Waals surface area contributed by atoms with Crippen LogP contribution < -0.4 is 10.1 Å². The Bertz CT molecular complexity index is 1260. The van der Waals surface area contributed by atoms with Gasteiger partial charge < -0.3 is 14.5 Å². The van der Waals surface area contributed by atoms with E-state index >= 15 is 0 Å². The monoisotopic (exact) mass is 454 g/mol. The van der Waals surface area contributed by atoms with E-state index < -0.39 is 5.60 Å². The van der Waals surface area contributed by atoms with Crippen molar-refractivity contribution in [2.75, 3.05) is 5.32 Å². The molecule has 158 valence electrons. The van der Waals surface area contributed by atoms with Crippen LogP contribution in [0.1, 0.15) is 19.4 Å². The molecule has 0 saturated heterocycles. The summed E-state index contributed by atoms with van der Waals surface area (Å²) in [6, 6.07) is 17.8. The number of nitrogens with zero attached hydrogens (tertiary/aromatic N) is 1. The summed E-state index contributed by atoms with van der Waals surface area (Å²) in [6.45, 7) is 5.33. The average molecular weight is 455 g/mol. The van der Waals surface area contributed by atoms with E-state index in [2.05, 4.69) is 10.3 Å². The van der Waals surface area contributed by atoms with Gasteiger partial charge in [0.2, 0.25) is 5.89 Å². The highest BCUT2D eigenvalue weighted by Gasteiger charge is 2.30. The third kappa shape index (κ3) is 4.68. The summed E-state index contributed by atoms with van der Waals surface area (Å²) >= 11 is 12.0. The van der Waals surface area contributed by atoms with Crippen LogP contribution in [0.5, 0.6) is 5.75 Å². The van der Waals surface area contributed by atoms with Crippen molar-refractivity contribution in [3.63, 3.8) is 0 Å². The first-order valence-corrected chi connectivity index (χ1v) is 10.4. The Morgan fingerprint density at radius 3 is 2.45 bits per heavy atom. The van der Waals surface area contributed by atoms with Crippen LogP contribution >= 0.6 is 23.2 Å². The van der Waals surface area contributed by atoms with Crippen molar-refractivity contribution in [2.24, 2.45) is 0 Å². The van der Waals surface area contributed by atoms with Crippen molar-refractivity contribution in [1.29, 1.82) is 0 Å². The molecular weight excluding hydrogens is 435 g/mol. The molecule has 1 heterocycles. The molecule has 0 fully saturated rings. The Kier molecular flexibility index (Phi) is 5.65. The molecule has 0 radical (unpaired) electrons. The van der Waals surface area contributed by atoms with E-state index in [0.717, 1.165) is 11.1 Å². The molecular formula is C24H20Cl2N2O3. The number of halogens is 2. The van der Waals surface area contributed by atoms with Crippen LogP contribution in [0.15, 0.2) is 65.1 Å². The SMILES string of the molecule is Cc1ccc(-c2nc3cc(Cl)ccc3o2)cc1NC(=O)C(C)(C)Oc1ccc(Cl)cc1. The van der Waals surface area contributed by atoms with Gasteiger partial charge in [-0.25, -0.2) is 4.98 Å². The van der Waals surface area contributed by atoms with Gasteiger partial charge in [0.05, 0.1) is 0 Å². The van der Waals surface area contributed by atoms with Gasteiger partial charge in [-0.1, -0.05) is 29.3 Å². The number of carbonyl (C=O) groups excluding carboxylic acids is 1. The number of oxazole rings is 1. The largest absolute Gasteiger partial charge is 0.478 e. The summed E-state index contributed by atoms with van der Waals surface area (Å²) in [5, 5.41) is 4.15.